The predicted octanol–water partition coefficient (Wildman–Crippen LogP) is 1.28. The predicted molar refractivity (Wildman–Crippen MR) is 28.1 cm³/mol. The third kappa shape index (κ3) is 1.06. The summed E-state index contributed by atoms with van der Waals surface area (Å²) in [6.45, 7) is -1.37. The largest absolute Gasteiger partial charge is 0.303 e. The van der Waals surface area contributed by atoms with Gasteiger partial charge in [0.1, 0.15) is 6.67 Å². The minimum Gasteiger partial charge on any atom is -0.303 e. The molecular formula is C5H6F2N2. The van der Waals surface area contributed by atoms with Crippen LogP contribution in [-0.2, 0) is 13.5 Å². The fourth-order valence-electron chi connectivity index (χ4n) is 0.567. The zero-order chi connectivity index (χ0) is 6.69. The van der Waals surface area contributed by atoms with E-state index in [4.69, 9.17) is 0 Å². The number of imidazole rings is 1. The molecule has 0 radical (unpaired) electrons. The highest BCUT2D eigenvalue weighted by atomic mass is 19.1. The Morgan fingerprint density at radius 1 is 1.56 bits per heavy atom. The van der Waals surface area contributed by atoms with Crippen LogP contribution < -0.4 is 0 Å². The highest BCUT2D eigenvalue weighted by molar-refractivity contribution is 4.95. The van der Waals surface area contributed by atoms with Crippen LogP contribution in [0.15, 0.2) is 12.5 Å². The van der Waals surface area contributed by atoms with Gasteiger partial charge < -0.3 is 4.57 Å². The molecule has 2 nitrogen and oxygen atoms in total. The van der Waals surface area contributed by atoms with E-state index in [1.54, 1.807) is 0 Å². The van der Waals surface area contributed by atoms with E-state index >= 15 is 0 Å². The Kier molecular flexibility index (Phi) is 1.77. The first kappa shape index (κ1) is 6.19. The molecular weight excluding hydrogens is 126 g/mol. The van der Waals surface area contributed by atoms with Crippen LogP contribution in [0.4, 0.5) is 8.78 Å². The first-order valence-electron chi connectivity index (χ1n) is 2.49. The Hall–Kier alpha value is -0.930. The number of aromatic nitrogens is 2. The van der Waals surface area contributed by atoms with Gasteiger partial charge in [-0.15, -0.1) is 0 Å². The fraction of sp³-hybridized carbons (Fsp3) is 0.400. The molecule has 0 N–H and O–H groups in total. The molecule has 1 heterocycles. The number of halogens is 2. The maximum Gasteiger partial charge on any atom is 0.166 e. The first-order chi connectivity index (χ1) is 4.38. The zero-order valence-corrected chi connectivity index (χ0v) is 4.72. The Morgan fingerprint density at radius 2 is 2.33 bits per heavy atom. The van der Waals surface area contributed by atoms with E-state index in [-0.39, 0.29) is 5.69 Å². The second-order valence-corrected chi connectivity index (χ2v) is 1.61. The molecule has 0 saturated carbocycles. The van der Waals surface area contributed by atoms with E-state index in [1.807, 2.05) is 0 Å². The number of rotatable bonds is 2. The Labute approximate surface area is 51.1 Å². The van der Waals surface area contributed by atoms with Crippen molar-refractivity contribution in [3.63, 3.8) is 0 Å². The third-order valence-corrected chi connectivity index (χ3v) is 1.06. The quantitative estimate of drug-likeness (QED) is 0.592. The van der Waals surface area contributed by atoms with Crippen molar-refractivity contribution in [2.75, 3.05) is 0 Å². The maximum atomic E-state index is 11.8. The van der Waals surface area contributed by atoms with Crippen LogP contribution in [0.3, 0.4) is 0 Å². The molecule has 0 unspecified atom stereocenters. The second-order valence-electron chi connectivity index (χ2n) is 1.61. The van der Waals surface area contributed by atoms with Crippen molar-refractivity contribution in [2.24, 2.45) is 0 Å². The molecule has 1 aromatic rings. The van der Waals surface area contributed by atoms with Crippen LogP contribution in [-0.4, -0.2) is 9.55 Å². The van der Waals surface area contributed by atoms with Gasteiger partial charge >= 0.3 is 0 Å². The van der Waals surface area contributed by atoms with Crippen molar-refractivity contribution in [1.82, 2.24) is 9.55 Å². The summed E-state index contributed by atoms with van der Waals surface area (Å²) in [5.41, 5.74) is 0.275. The van der Waals surface area contributed by atoms with E-state index in [1.165, 1.54) is 12.5 Å². The summed E-state index contributed by atoms with van der Waals surface area (Å²) in [6, 6.07) is 0. The lowest BCUT2D eigenvalue weighted by molar-refractivity contribution is 0.352. The van der Waals surface area contributed by atoms with E-state index < -0.39 is 13.5 Å². The molecule has 4 heteroatoms. The lowest BCUT2D eigenvalue weighted by Gasteiger charge is -1.94. The third-order valence-electron chi connectivity index (χ3n) is 1.06. The molecule has 0 aliphatic rings. The van der Waals surface area contributed by atoms with Crippen molar-refractivity contribution < 1.29 is 8.78 Å². The average molecular weight is 132 g/mol. The van der Waals surface area contributed by atoms with Gasteiger partial charge in [-0.1, -0.05) is 0 Å². The molecule has 0 fully saturated rings. The smallest absolute Gasteiger partial charge is 0.166 e. The Bertz CT molecular complexity index is 166. The van der Waals surface area contributed by atoms with Crippen LogP contribution in [0.2, 0.25) is 0 Å². The van der Waals surface area contributed by atoms with Gasteiger partial charge in [0.15, 0.2) is 6.80 Å². The molecule has 0 atom stereocenters. The minimum atomic E-state index is -0.709. The summed E-state index contributed by atoms with van der Waals surface area (Å²) in [5.74, 6) is 0. The fourth-order valence-corrected chi connectivity index (χ4v) is 0.567. The van der Waals surface area contributed by atoms with Crippen LogP contribution in [0.1, 0.15) is 5.69 Å². The summed E-state index contributed by atoms with van der Waals surface area (Å²) >= 11 is 0. The van der Waals surface area contributed by atoms with Gasteiger partial charge in [-0.25, -0.2) is 13.8 Å². The summed E-state index contributed by atoms with van der Waals surface area (Å²) in [7, 11) is 0. The molecule has 0 aliphatic carbocycles. The molecule has 1 aromatic heterocycles. The molecule has 0 aliphatic heterocycles. The summed E-state index contributed by atoms with van der Waals surface area (Å²) < 4.78 is 24.7. The van der Waals surface area contributed by atoms with Crippen molar-refractivity contribution >= 4 is 0 Å². The standard InChI is InChI=1S/C5H6F2N2/c6-1-5-2-8-4-9(5)3-7/h2,4H,1,3H2. The lowest BCUT2D eigenvalue weighted by atomic mass is 10.5. The van der Waals surface area contributed by atoms with Crippen LogP contribution >= 0.6 is 0 Å². The number of nitrogens with zero attached hydrogens (tertiary/aromatic N) is 2. The molecule has 1 rings (SSSR count). The van der Waals surface area contributed by atoms with Gasteiger partial charge in [-0.3, -0.25) is 0 Å². The minimum absolute atomic E-state index is 0.275. The monoisotopic (exact) mass is 132 g/mol. The molecule has 0 aromatic carbocycles. The number of alkyl halides is 2. The second kappa shape index (κ2) is 2.57. The van der Waals surface area contributed by atoms with Crippen molar-refractivity contribution in [1.29, 1.82) is 0 Å². The van der Waals surface area contributed by atoms with E-state index in [9.17, 15) is 8.78 Å². The van der Waals surface area contributed by atoms with Crippen LogP contribution in [0, 0.1) is 0 Å². The van der Waals surface area contributed by atoms with E-state index in [2.05, 4.69) is 4.98 Å². The van der Waals surface area contributed by atoms with Gasteiger partial charge in [-0.05, 0) is 0 Å². The van der Waals surface area contributed by atoms with Crippen molar-refractivity contribution in [2.45, 2.75) is 13.5 Å². The van der Waals surface area contributed by atoms with Gasteiger partial charge in [0, 0.05) is 0 Å². The summed E-state index contributed by atoms with van der Waals surface area (Å²) in [5, 5.41) is 0. The SMILES string of the molecule is FCc1cncn1CF. The maximum absolute atomic E-state index is 11.8. The Balaban J connectivity index is 2.85. The molecule has 50 valence electrons. The van der Waals surface area contributed by atoms with Crippen molar-refractivity contribution in [3.8, 4) is 0 Å². The Morgan fingerprint density at radius 3 is 2.78 bits per heavy atom. The van der Waals surface area contributed by atoms with Gasteiger partial charge in [0.2, 0.25) is 0 Å². The van der Waals surface area contributed by atoms with Gasteiger partial charge in [-0.2, -0.15) is 0 Å². The topological polar surface area (TPSA) is 17.8 Å². The zero-order valence-electron chi connectivity index (χ0n) is 4.72. The summed E-state index contributed by atoms with van der Waals surface area (Å²) in [6.07, 6.45) is 2.56. The van der Waals surface area contributed by atoms with Crippen LogP contribution in [0.5, 0.6) is 0 Å². The molecule has 0 bridgehead atoms. The highest BCUT2D eigenvalue weighted by Gasteiger charge is 1.97. The summed E-state index contributed by atoms with van der Waals surface area (Å²) in [4.78, 5) is 3.55. The van der Waals surface area contributed by atoms with Crippen LogP contribution in [0.25, 0.3) is 0 Å². The molecule has 9 heavy (non-hydrogen) atoms. The van der Waals surface area contributed by atoms with Gasteiger partial charge in [0.25, 0.3) is 0 Å². The number of hydrogen-bond acceptors (Lipinski definition) is 1. The first-order valence-corrected chi connectivity index (χ1v) is 2.49. The molecule has 0 amide bonds. The van der Waals surface area contributed by atoms with Gasteiger partial charge in [0.05, 0.1) is 18.2 Å². The highest BCUT2D eigenvalue weighted by Crippen LogP contribution is 2.00. The van der Waals surface area contributed by atoms with E-state index in [0.29, 0.717) is 0 Å². The lowest BCUT2D eigenvalue weighted by Crippen LogP contribution is -1.94. The normalized spacial score (nSPS) is 10.0. The van der Waals surface area contributed by atoms with E-state index in [0.717, 1.165) is 4.57 Å². The molecule has 0 spiro atoms. The molecule has 0 saturated heterocycles. The van der Waals surface area contributed by atoms with Crippen molar-refractivity contribution in [3.05, 3.63) is 18.2 Å². The number of hydrogen-bond donors (Lipinski definition) is 0. The average Bonchev–Trinajstić information content (AvgIpc) is 2.33.